The Balaban J connectivity index is 1.01. The summed E-state index contributed by atoms with van der Waals surface area (Å²) in [5.74, 6) is 0.153. The number of carboxylic acids is 1. The second-order valence-electron chi connectivity index (χ2n) is 11.8. The molecule has 1 amide bonds. The maximum absolute atomic E-state index is 12.8. The molecular formula is C37H31F3N2O7S. The van der Waals surface area contributed by atoms with Crippen molar-refractivity contribution >= 4 is 38.4 Å². The van der Waals surface area contributed by atoms with Crippen molar-refractivity contribution in [3.63, 3.8) is 0 Å². The highest BCUT2D eigenvalue weighted by atomic mass is 32.2. The van der Waals surface area contributed by atoms with Crippen molar-refractivity contribution in [3.05, 3.63) is 126 Å². The Morgan fingerprint density at radius 1 is 0.740 bits per heavy atom. The van der Waals surface area contributed by atoms with Gasteiger partial charge in [-0.3, -0.25) is 4.79 Å². The SMILES string of the molecule is O=C(Nc1ccccc1C(=O)O)c1ccc(Oc2ccc3cc(OC4CCC(NS(=O)(=O)c5ccc(C(F)(F)F)cc5)CC4)ccc3c2)cc1. The van der Waals surface area contributed by atoms with Crippen LogP contribution in [0.5, 0.6) is 17.2 Å². The van der Waals surface area contributed by atoms with E-state index in [9.17, 15) is 36.3 Å². The van der Waals surface area contributed by atoms with Crippen molar-refractivity contribution in [2.45, 2.75) is 48.9 Å². The Labute approximate surface area is 285 Å². The van der Waals surface area contributed by atoms with Gasteiger partial charge in [-0.2, -0.15) is 13.2 Å². The number of carboxylic acid groups (broad SMARTS) is 1. The quantitative estimate of drug-likeness (QED) is 0.133. The molecule has 3 N–H and O–H groups in total. The summed E-state index contributed by atoms with van der Waals surface area (Å²) < 4.78 is 78.8. The van der Waals surface area contributed by atoms with E-state index in [4.69, 9.17) is 9.47 Å². The molecular weight excluding hydrogens is 673 g/mol. The number of ether oxygens (including phenoxy) is 2. The molecule has 1 fully saturated rings. The first-order chi connectivity index (χ1) is 23.8. The average Bonchev–Trinajstić information content (AvgIpc) is 3.09. The Morgan fingerprint density at radius 2 is 1.34 bits per heavy atom. The number of carbonyl (C=O) groups excluding carboxylic acids is 1. The molecule has 5 aromatic rings. The van der Waals surface area contributed by atoms with Crippen LogP contribution in [-0.2, 0) is 16.2 Å². The minimum atomic E-state index is -4.54. The van der Waals surface area contributed by atoms with Crippen molar-refractivity contribution in [1.82, 2.24) is 4.72 Å². The number of hydrogen-bond donors (Lipinski definition) is 3. The first-order valence-electron chi connectivity index (χ1n) is 15.7. The highest BCUT2D eigenvalue weighted by Crippen LogP contribution is 2.32. The Bertz CT molecular complexity index is 2130. The average molecular weight is 705 g/mol. The summed E-state index contributed by atoms with van der Waals surface area (Å²) in [5.41, 5.74) is -0.390. The number of aromatic carboxylic acids is 1. The largest absolute Gasteiger partial charge is 0.490 e. The molecule has 0 saturated heterocycles. The minimum Gasteiger partial charge on any atom is -0.490 e. The first-order valence-corrected chi connectivity index (χ1v) is 17.1. The molecule has 258 valence electrons. The highest BCUT2D eigenvalue weighted by molar-refractivity contribution is 7.89. The number of anilines is 1. The fraction of sp³-hybridized carbons (Fsp3) is 0.189. The van der Waals surface area contributed by atoms with Gasteiger partial charge in [0, 0.05) is 11.6 Å². The summed E-state index contributed by atoms with van der Waals surface area (Å²) in [5, 5.41) is 13.8. The van der Waals surface area contributed by atoms with Gasteiger partial charge in [-0.1, -0.05) is 24.3 Å². The van der Waals surface area contributed by atoms with Crippen LogP contribution in [0.2, 0.25) is 0 Å². The fourth-order valence-corrected chi connectivity index (χ4v) is 7.03. The van der Waals surface area contributed by atoms with Crippen LogP contribution in [0.15, 0.2) is 114 Å². The summed E-state index contributed by atoms with van der Waals surface area (Å²) in [6, 6.07) is 26.9. The number of amides is 1. The van der Waals surface area contributed by atoms with Crippen molar-refractivity contribution in [2.75, 3.05) is 5.32 Å². The van der Waals surface area contributed by atoms with E-state index in [0.29, 0.717) is 48.5 Å². The van der Waals surface area contributed by atoms with Crippen molar-refractivity contribution < 1.29 is 45.8 Å². The Hall–Kier alpha value is -5.40. The van der Waals surface area contributed by atoms with Gasteiger partial charge in [-0.15, -0.1) is 0 Å². The van der Waals surface area contributed by atoms with E-state index in [2.05, 4.69) is 10.0 Å². The standard InChI is InChI=1S/C37H31F3N2O7S/c38-37(39,40)26-9-19-32(20-10-26)50(46,47)42-27-11-17-29(18-12-27)49-31-16-8-24-21-30(15-7-25(24)22-31)48-28-13-5-23(6-14-28)35(43)41-34-4-2-1-3-33(34)36(44)45/h1-10,13-16,19-22,27,29,42H,11-12,17-18H2,(H,41,43)(H,44,45). The second kappa shape index (κ2) is 14.2. The highest BCUT2D eigenvalue weighted by Gasteiger charge is 2.31. The lowest BCUT2D eigenvalue weighted by atomic mass is 9.93. The van der Waals surface area contributed by atoms with E-state index in [1.54, 1.807) is 36.4 Å². The van der Waals surface area contributed by atoms with Crippen LogP contribution in [0.4, 0.5) is 18.9 Å². The molecule has 0 spiro atoms. The predicted octanol–water partition coefficient (Wildman–Crippen LogP) is 8.27. The smallest absolute Gasteiger partial charge is 0.416 e. The molecule has 50 heavy (non-hydrogen) atoms. The molecule has 0 aromatic heterocycles. The molecule has 0 aliphatic heterocycles. The molecule has 1 aliphatic rings. The normalized spacial score (nSPS) is 16.5. The fourth-order valence-electron chi connectivity index (χ4n) is 5.72. The lowest BCUT2D eigenvalue weighted by Crippen LogP contribution is -2.39. The van der Waals surface area contributed by atoms with Crippen molar-refractivity contribution in [2.24, 2.45) is 0 Å². The molecule has 6 rings (SSSR count). The van der Waals surface area contributed by atoms with Gasteiger partial charge in [-0.05, 0) is 121 Å². The molecule has 0 unspecified atom stereocenters. The van der Waals surface area contributed by atoms with E-state index < -0.39 is 33.6 Å². The van der Waals surface area contributed by atoms with E-state index in [1.165, 1.54) is 12.1 Å². The number of alkyl halides is 3. The molecule has 1 aliphatic carbocycles. The minimum absolute atomic E-state index is 0.00914. The maximum atomic E-state index is 12.8. The van der Waals surface area contributed by atoms with Gasteiger partial charge >= 0.3 is 12.1 Å². The number of carbonyl (C=O) groups is 2. The third-order valence-corrected chi connectivity index (χ3v) is 9.87. The van der Waals surface area contributed by atoms with Crippen LogP contribution in [0.25, 0.3) is 10.8 Å². The molecule has 0 heterocycles. The number of sulfonamides is 1. The van der Waals surface area contributed by atoms with Gasteiger partial charge in [0.2, 0.25) is 10.0 Å². The zero-order chi connectivity index (χ0) is 35.5. The summed E-state index contributed by atoms with van der Waals surface area (Å²) >= 11 is 0. The lowest BCUT2D eigenvalue weighted by molar-refractivity contribution is -0.137. The number of nitrogens with one attached hydrogen (secondary N) is 2. The lowest BCUT2D eigenvalue weighted by Gasteiger charge is -2.29. The summed E-state index contributed by atoms with van der Waals surface area (Å²) in [6.45, 7) is 0. The molecule has 9 nitrogen and oxygen atoms in total. The van der Waals surface area contributed by atoms with Crippen LogP contribution in [0.3, 0.4) is 0 Å². The number of halogens is 3. The number of fused-ring (bicyclic) bond motifs is 1. The van der Waals surface area contributed by atoms with Crippen LogP contribution in [-0.4, -0.2) is 37.5 Å². The number of hydrogen-bond acceptors (Lipinski definition) is 6. The van der Waals surface area contributed by atoms with Crippen LogP contribution in [0, 0.1) is 0 Å². The number of rotatable bonds is 10. The van der Waals surface area contributed by atoms with E-state index in [0.717, 1.165) is 35.0 Å². The molecule has 0 radical (unpaired) electrons. The second-order valence-corrected chi connectivity index (χ2v) is 13.6. The molecule has 1 saturated carbocycles. The van der Waals surface area contributed by atoms with Gasteiger partial charge in [0.05, 0.1) is 27.8 Å². The number of benzene rings is 5. The predicted molar refractivity (Wildman–Crippen MR) is 180 cm³/mol. The van der Waals surface area contributed by atoms with E-state index in [-0.39, 0.29) is 28.3 Å². The first kappa shape index (κ1) is 34.5. The molecule has 0 atom stereocenters. The van der Waals surface area contributed by atoms with Crippen LogP contribution >= 0.6 is 0 Å². The number of para-hydroxylation sites is 1. The zero-order valence-corrected chi connectivity index (χ0v) is 27.1. The third-order valence-electron chi connectivity index (χ3n) is 8.33. The summed E-state index contributed by atoms with van der Waals surface area (Å²) in [7, 11) is -3.97. The molecule has 13 heteroatoms. The van der Waals surface area contributed by atoms with Gasteiger partial charge in [0.25, 0.3) is 5.91 Å². The van der Waals surface area contributed by atoms with E-state index in [1.807, 2.05) is 36.4 Å². The van der Waals surface area contributed by atoms with Gasteiger partial charge in [0.1, 0.15) is 17.2 Å². The zero-order valence-electron chi connectivity index (χ0n) is 26.3. The molecule has 0 bridgehead atoms. The van der Waals surface area contributed by atoms with Gasteiger partial charge in [-0.25, -0.2) is 17.9 Å². The van der Waals surface area contributed by atoms with Gasteiger partial charge in [0.15, 0.2) is 0 Å². The van der Waals surface area contributed by atoms with Crippen molar-refractivity contribution in [3.8, 4) is 17.2 Å². The third kappa shape index (κ3) is 8.24. The Morgan fingerprint density at radius 3 is 1.98 bits per heavy atom. The Kier molecular flexibility index (Phi) is 9.80. The van der Waals surface area contributed by atoms with Crippen molar-refractivity contribution in [1.29, 1.82) is 0 Å². The summed E-state index contributed by atoms with van der Waals surface area (Å²) in [4.78, 5) is 23.9. The summed E-state index contributed by atoms with van der Waals surface area (Å²) in [6.07, 6.45) is -2.44. The van der Waals surface area contributed by atoms with Crippen LogP contribution < -0.4 is 19.5 Å². The monoisotopic (exact) mass is 704 g/mol. The van der Waals surface area contributed by atoms with E-state index >= 15 is 0 Å². The van der Waals surface area contributed by atoms with Gasteiger partial charge < -0.3 is 19.9 Å². The maximum Gasteiger partial charge on any atom is 0.416 e. The topological polar surface area (TPSA) is 131 Å². The molecule has 5 aromatic carbocycles. The van der Waals surface area contributed by atoms with Crippen LogP contribution in [0.1, 0.15) is 52.0 Å².